The first-order chi connectivity index (χ1) is 10.0. The van der Waals surface area contributed by atoms with Crippen molar-refractivity contribution < 1.29 is 9.72 Å². The zero-order chi connectivity index (χ0) is 15.4. The maximum absolute atomic E-state index is 12.3. The number of nitro groups is 1. The number of nitrogens with one attached hydrogen (secondary N) is 1. The molecule has 22 heavy (non-hydrogen) atoms. The van der Waals surface area contributed by atoms with E-state index in [1.807, 2.05) is 6.26 Å². The minimum Gasteiger partial charge on any atom is -0.349 e. The Morgan fingerprint density at radius 3 is 2.55 bits per heavy atom. The van der Waals surface area contributed by atoms with E-state index in [0.717, 1.165) is 30.6 Å². The summed E-state index contributed by atoms with van der Waals surface area (Å²) in [6.45, 7) is 0. The van der Waals surface area contributed by atoms with Crippen LogP contribution in [0.5, 0.6) is 0 Å². The quantitative estimate of drug-likeness (QED) is 0.496. The number of hydrogen-bond acceptors (Lipinski definition) is 5. The number of halogens is 1. The molecule has 0 aromatic heterocycles. The minimum atomic E-state index is -0.518. The molecular formula is C14H20ClN3O3S. The summed E-state index contributed by atoms with van der Waals surface area (Å²) in [6, 6.07) is 4.87. The molecule has 6 nitrogen and oxygen atoms in total. The average Bonchev–Trinajstić information content (AvgIpc) is 2.48. The van der Waals surface area contributed by atoms with Gasteiger partial charge in [-0.3, -0.25) is 14.9 Å². The number of benzene rings is 1. The summed E-state index contributed by atoms with van der Waals surface area (Å²) >= 11 is 1.45. The van der Waals surface area contributed by atoms with Gasteiger partial charge in [-0.1, -0.05) is 0 Å². The Labute approximate surface area is 139 Å². The van der Waals surface area contributed by atoms with Gasteiger partial charge in [0.25, 0.3) is 11.6 Å². The molecule has 1 aliphatic rings. The van der Waals surface area contributed by atoms with Crippen molar-refractivity contribution in [2.45, 2.75) is 42.7 Å². The van der Waals surface area contributed by atoms with Crippen LogP contribution in [-0.4, -0.2) is 29.2 Å². The second-order valence-electron chi connectivity index (χ2n) is 5.23. The van der Waals surface area contributed by atoms with Gasteiger partial charge in [-0.2, -0.15) is 0 Å². The third kappa shape index (κ3) is 4.59. The SMILES string of the molecule is CSc1ccc([N+](=O)[O-])c(C(=O)NC2CCC(N)CC2)c1.Cl. The molecule has 1 aromatic rings. The molecule has 0 atom stereocenters. The van der Waals surface area contributed by atoms with Crippen molar-refractivity contribution in [2.24, 2.45) is 5.73 Å². The predicted molar refractivity (Wildman–Crippen MR) is 89.8 cm³/mol. The summed E-state index contributed by atoms with van der Waals surface area (Å²) in [6.07, 6.45) is 5.26. The summed E-state index contributed by atoms with van der Waals surface area (Å²) in [4.78, 5) is 23.7. The molecule has 0 bridgehead atoms. The van der Waals surface area contributed by atoms with Crippen molar-refractivity contribution in [3.63, 3.8) is 0 Å². The van der Waals surface area contributed by atoms with Crippen LogP contribution < -0.4 is 11.1 Å². The molecule has 0 heterocycles. The summed E-state index contributed by atoms with van der Waals surface area (Å²) in [5, 5.41) is 14.0. The van der Waals surface area contributed by atoms with Gasteiger partial charge in [0.1, 0.15) is 5.56 Å². The Balaban J connectivity index is 0.00000242. The number of carbonyl (C=O) groups excluding carboxylic acids is 1. The lowest BCUT2D eigenvalue weighted by Gasteiger charge is -2.26. The van der Waals surface area contributed by atoms with Gasteiger partial charge in [-0.25, -0.2) is 0 Å². The summed E-state index contributed by atoms with van der Waals surface area (Å²) in [5.74, 6) is -0.377. The van der Waals surface area contributed by atoms with Crippen LogP contribution >= 0.6 is 24.2 Å². The van der Waals surface area contributed by atoms with Crippen molar-refractivity contribution in [3.8, 4) is 0 Å². The third-order valence-electron chi connectivity index (χ3n) is 3.75. The Bertz CT molecular complexity index is 548. The zero-order valence-electron chi connectivity index (χ0n) is 12.3. The molecule has 1 aliphatic carbocycles. The fraction of sp³-hybridized carbons (Fsp3) is 0.500. The molecule has 3 N–H and O–H groups in total. The van der Waals surface area contributed by atoms with Crippen molar-refractivity contribution >= 4 is 35.8 Å². The number of nitrogens with two attached hydrogens (primary N) is 1. The minimum absolute atomic E-state index is 0. The lowest BCUT2D eigenvalue weighted by molar-refractivity contribution is -0.385. The number of carbonyl (C=O) groups is 1. The monoisotopic (exact) mass is 345 g/mol. The Kier molecular flexibility index (Phi) is 7.12. The maximum Gasteiger partial charge on any atom is 0.282 e. The van der Waals surface area contributed by atoms with E-state index in [1.54, 1.807) is 12.1 Å². The standard InChI is InChI=1S/C14H19N3O3S.ClH/c1-21-11-6-7-13(17(19)20)12(8-11)14(18)16-10-4-2-9(15)3-5-10;/h6-10H,2-5,15H2,1H3,(H,16,18);1H. The highest BCUT2D eigenvalue weighted by Crippen LogP contribution is 2.25. The number of nitro benzene ring substituents is 1. The van der Waals surface area contributed by atoms with E-state index < -0.39 is 4.92 Å². The molecule has 8 heteroatoms. The highest BCUT2D eigenvalue weighted by molar-refractivity contribution is 7.98. The van der Waals surface area contributed by atoms with E-state index in [1.165, 1.54) is 17.8 Å². The van der Waals surface area contributed by atoms with Crippen LogP contribution in [0.15, 0.2) is 23.1 Å². The van der Waals surface area contributed by atoms with Gasteiger partial charge in [0.15, 0.2) is 0 Å². The lowest BCUT2D eigenvalue weighted by Crippen LogP contribution is -2.40. The summed E-state index contributed by atoms with van der Waals surface area (Å²) in [7, 11) is 0. The van der Waals surface area contributed by atoms with Crippen molar-refractivity contribution in [2.75, 3.05) is 6.26 Å². The van der Waals surface area contributed by atoms with Gasteiger partial charge < -0.3 is 11.1 Å². The van der Waals surface area contributed by atoms with Crippen LogP contribution in [0.1, 0.15) is 36.0 Å². The van der Waals surface area contributed by atoms with Crippen molar-refractivity contribution in [1.29, 1.82) is 0 Å². The molecule has 0 unspecified atom stereocenters. The molecule has 0 aliphatic heterocycles. The van der Waals surface area contributed by atoms with E-state index >= 15 is 0 Å². The molecule has 1 aromatic carbocycles. The van der Waals surface area contributed by atoms with Crippen LogP contribution in [0, 0.1) is 10.1 Å². The first-order valence-corrected chi connectivity index (χ1v) is 8.12. The molecule has 2 rings (SSSR count). The van der Waals surface area contributed by atoms with Crippen LogP contribution in [0.4, 0.5) is 5.69 Å². The molecule has 0 spiro atoms. The fourth-order valence-electron chi connectivity index (χ4n) is 2.51. The van der Waals surface area contributed by atoms with Crippen molar-refractivity contribution in [1.82, 2.24) is 5.32 Å². The van der Waals surface area contributed by atoms with E-state index in [4.69, 9.17) is 5.73 Å². The highest BCUT2D eigenvalue weighted by Gasteiger charge is 2.25. The molecule has 0 saturated heterocycles. The molecule has 1 fully saturated rings. The van der Waals surface area contributed by atoms with Crippen LogP contribution in [0.25, 0.3) is 0 Å². The first-order valence-electron chi connectivity index (χ1n) is 6.90. The van der Waals surface area contributed by atoms with E-state index in [0.29, 0.717) is 0 Å². The molecular weight excluding hydrogens is 326 g/mol. The number of nitrogens with zero attached hydrogens (tertiary/aromatic N) is 1. The van der Waals surface area contributed by atoms with E-state index in [-0.39, 0.29) is 41.6 Å². The van der Waals surface area contributed by atoms with Crippen LogP contribution in [0.2, 0.25) is 0 Å². The smallest absolute Gasteiger partial charge is 0.282 e. The van der Waals surface area contributed by atoms with Gasteiger partial charge in [0, 0.05) is 23.0 Å². The zero-order valence-corrected chi connectivity index (χ0v) is 13.9. The third-order valence-corrected chi connectivity index (χ3v) is 4.48. The Hall–Kier alpha value is -1.31. The molecule has 1 amide bonds. The van der Waals surface area contributed by atoms with Gasteiger partial charge in [0.2, 0.25) is 0 Å². The van der Waals surface area contributed by atoms with Gasteiger partial charge in [-0.05, 0) is 44.1 Å². The van der Waals surface area contributed by atoms with E-state index in [9.17, 15) is 14.9 Å². The van der Waals surface area contributed by atoms with E-state index in [2.05, 4.69) is 5.32 Å². The van der Waals surface area contributed by atoms with Gasteiger partial charge in [-0.15, -0.1) is 24.2 Å². The Morgan fingerprint density at radius 2 is 2.00 bits per heavy atom. The first kappa shape index (κ1) is 18.7. The average molecular weight is 346 g/mol. The lowest BCUT2D eigenvalue weighted by atomic mass is 9.91. The predicted octanol–water partition coefficient (Wildman–Crippen LogP) is 2.74. The van der Waals surface area contributed by atoms with Crippen LogP contribution in [-0.2, 0) is 0 Å². The summed E-state index contributed by atoms with van der Waals surface area (Å²) < 4.78 is 0. The van der Waals surface area contributed by atoms with Crippen molar-refractivity contribution in [3.05, 3.63) is 33.9 Å². The summed E-state index contributed by atoms with van der Waals surface area (Å²) in [5.41, 5.74) is 5.81. The van der Waals surface area contributed by atoms with Crippen LogP contribution in [0.3, 0.4) is 0 Å². The second-order valence-corrected chi connectivity index (χ2v) is 6.11. The fourth-order valence-corrected chi connectivity index (χ4v) is 2.95. The highest BCUT2D eigenvalue weighted by atomic mass is 35.5. The largest absolute Gasteiger partial charge is 0.349 e. The maximum atomic E-state index is 12.3. The molecule has 0 radical (unpaired) electrons. The second kappa shape index (κ2) is 8.36. The number of amides is 1. The normalized spacial score (nSPS) is 20.8. The number of rotatable bonds is 4. The van der Waals surface area contributed by atoms with Gasteiger partial charge >= 0.3 is 0 Å². The Morgan fingerprint density at radius 1 is 1.36 bits per heavy atom. The topological polar surface area (TPSA) is 98.3 Å². The number of thioether (sulfide) groups is 1. The van der Waals surface area contributed by atoms with Gasteiger partial charge in [0.05, 0.1) is 4.92 Å². The number of hydrogen-bond donors (Lipinski definition) is 2. The molecule has 1 saturated carbocycles. The molecule has 122 valence electrons.